The third-order valence-electron chi connectivity index (χ3n) is 7.93. The van der Waals surface area contributed by atoms with Gasteiger partial charge in [-0.1, -0.05) is 145 Å². The quantitative estimate of drug-likeness (QED) is 0.103. The van der Waals surface area contributed by atoms with Gasteiger partial charge in [0.1, 0.15) is 34.5 Å². The lowest BCUT2D eigenvalue weighted by Gasteiger charge is -2.22. The first-order valence-corrected chi connectivity index (χ1v) is 19.9. The molecule has 8 aromatic carbocycles. The fourth-order valence-electron chi connectivity index (χ4n) is 5.44. The predicted molar refractivity (Wildman–Crippen MR) is 215 cm³/mol. The number of fused-ring (bicyclic) bond motifs is 2. The van der Waals surface area contributed by atoms with Gasteiger partial charge in [-0.15, -0.1) is 0 Å². The maximum atomic E-state index is 6.74. The molecule has 0 aliphatic rings. The van der Waals surface area contributed by atoms with Gasteiger partial charge >= 0.3 is 17.2 Å². The summed E-state index contributed by atoms with van der Waals surface area (Å²) < 4.78 is 38.9. The summed E-state index contributed by atoms with van der Waals surface area (Å²) in [4.78, 5) is 1.75. The average Bonchev–Trinajstić information content (AvgIpc) is 3.21. The Morgan fingerprint density at radius 3 is 0.925 bits per heavy atom. The smallest absolute Gasteiger partial charge is 0.409 e. The Hall–Kier alpha value is -5.71. The Labute approximate surface area is 314 Å². The van der Waals surface area contributed by atoms with Gasteiger partial charge in [0.15, 0.2) is 0 Å². The van der Waals surface area contributed by atoms with E-state index in [4.69, 9.17) is 27.1 Å². The molecule has 0 radical (unpaired) electrons. The molecule has 0 amide bonds. The minimum Gasteiger partial charge on any atom is -0.409 e. The van der Waals surface area contributed by atoms with E-state index in [1.54, 1.807) is 11.8 Å². The highest BCUT2D eigenvalue weighted by atomic mass is 32.2. The molecule has 0 aliphatic heterocycles. The van der Waals surface area contributed by atoms with E-state index in [0.29, 0.717) is 34.5 Å². The number of hydrogen-bond acceptors (Lipinski definition) is 7. The molecule has 260 valence electrons. The van der Waals surface area contributed by atoms with Crippen LogP contribution >= 0.6 is 29.0 Å². The first-order valence-electron chi connectivity index (χ1n) is 16.8. The molecule has 0 aromatic heterocycles. The summed E-state index contributed by atoms with van der Waals surface area (Å²) in [6, 6.07) is 62.7. The van der Waals surface area contributed by atoms with E-state index in [1.165, 1.54) is 0 Å². The molecule has 8 aromatic rings. The summed E-state index contributed by atoms with van der Waals surface area (Å²) in [7, 11) is -3.86. The fourth-order valence-corrected chi connectivity index (χ4v) is 8.81. The zero-order valence-electron chi connectivity index (χ0n) is 28.2. The number of benzene rings is 8. The molecule has 53 heavy (non-hydrogen) atoms. The molecule has 0 saturated carbocycles. The Morgan fingerprint density at radius 1 is 0.283 bits per heavy atom. The summed E-state index contributed by atoms with van der Waals surface area (Å²) >= 11 is 1.56. The molecular formula is C44H32O6P2S. The van der Waals surface area contributed by atoms with Gasteiger partial charge in [-0.25, -0.2) is 0 Å². The molecule has 0 unspecified atom stereocenters. The van der Waals surface area contributed by atoms with Crippen LogP contribution in [0.3, 0.4) is 0 Å². The van der Waals surface area contributed by atoms with Gasteiger partial charge in [0, 0.05) is 0 Å². The zero-order chi connectivity index (χ0) is 35.7. The van der Waals surface area contributed by atoms with Crippen molar-refractivity contribution in [2.45, 2.75) is 9.79 Å². The first kappa shape index (κ1) is 34.4. The highest BCUT2D eigenvalue weighted by Gasteiger charge is 2.26. The van der Waals surface area contributed by atoms with Crippen LogP contribution in [0.1, 0.15) is 0 Å². The Morgan fingerprint density at radius 2 is 0.585 bits per heavy atom. The van der Waals surface area contributed by atoms with Gasteiger partial charge in [-0.2, -0.15) is 0 Å². The largest absolute Gasteiger partial charge is 0.530 e. The van der Waals surface area contributed by atoms with Crippen molar-refractivity contribution in [2.24, 2.45) is 0 Å². The summed E-state index contributed by atoms with van der Waals surface area (Å²) in [5.74, 6) is 3.76. The average molecular weight is 751 g/mol. The lowest BCUT2D eigenvalue weighted by molar-refractivity contribution is 0.385. The Balaban J connectivity index is 1.20. The molecule has 0 spiro atoms. The molecule has 9 heteroatoms. The summed E-state index contributed by atoms with van der Waals surface area (Å²) in [6.07, 6.45) is 0. The number of hydrogen-bond donors (Lipinski definition) is 0. The second-order valence-electron chi connectivity index (χ2n) is 11.6. The van der Waals surface area contributed by atoms with Crippen molar-refractivity contribution in [3.8, 4) is 34.5 Å². The molecule has 8 rings (SSSR count). The highest BCUT2D eigenvalue weighted by molar-refractivity contribution is 8.00. The normalized spacial score (nSPS) is 11.1. The lowest BCUT2D eigenvalue weighted by atomic mass is 10.1. The van der Waals surface area contributed by atoms with Crippen molar-refractivity contribution in [1.82, 2.24) is 0 Å². The van der Waals surface area contributed by atoms with Crippen LogP contribution in [0.5, 0.6) is 34.5 Å². The van der Waals surface area contributed by atoms with E-state index in [1.807, 2.05) is 158 Å². The van der Waals surface area contributed by atoms with Gasteiger partial charge in [0.05, 0.1) is 9.79 Å². The van der Waals surface area contributed by atoms with E-state index < -0.39 is 17.2 Å². The predicted octanol–water partition coefficient (Wildman–Crippen LogP) is 13.7. The summed E-state index contributed by atoms with van der Waals surface area (Å²) in [5.41, 5.74) is 0. The molecule has 0 bridgehead atoms. The van der Waals surface area contributed by atoms with E-state index in [-0.39, 0.29) is 0 Å². The van der Waals surface area contributed by atoms with E-state index >= 15 is 0 Å². The van der Waals surface area contributed by atoms with Crippen molar-refractivity contribution in [3.05, 3.63) is 194 Å². The molecular weight excluding hydrogens is 718 g/mol. The van der Waals surface area contributed by atoms with Crippen LogP contribution in [0.2, 0.25) is 0 Å². The SMILES string of the molecule is c1ccc(OP(Oc2ccccc2)Oc2ccc3ccccc3c2Sc2c(OP(Oc3ccccc3)Oc3ccccc3)ccc3ccccc23)cc1. The van der Waals surface area contributed by atoms with E-state index in [0.717, 1.165) is 31.3 Å². The Bertz CT molecular complexity index is 2150. The fraction of sp³-hybridized carbons (Fsp3) is 0. The van der Waals surface area contributed by atoms with E-state index in [2.05, 4.69) is 36.4 Å². The van der Waals surface area contributed by atoms with Crippen molar-refractivity contribution in [3.63, 3.8) is 0 Å². The highest BCUT2D eigenvalue weighted by Crippen LogP contribution is 2.53. The van der Waals surface area contributed by atoms with Crippen LogP contribution < -0.4 is 27.1 Å². The van der Waals surface area contributed by atoms with E-state index in [9.17, 15) is 0 Å². The Kier molecular flexibility index (Phi) is 10.9. The topological polar surface area (TPSA) is 55.4 Å². The molecule has 0 heterocycles. The first-order chi connectivity index (χ1) is 26.2. The molecule has 0 aliphatic carbocycles. The monoisotopic (exact) mass is 750 g/mol. The third-order valence-corrected chi connectivity index (χ3v) is 11.3. The molecule has 0 fully saturated rings. The number of rotatable bonds is 14. The van der Waals surface area contributed by atoms with Crippen LogP contribution in [-0.2, 0) is 0 Å². The maximum absolute atomic E-state index is 6.74. The van der Waals surface area contributed by atoms with Crippen LogP contribution in [-0.4, -0.2) is 0 Å². The maximum Gasteiger partial charge on any atom is 0.530 e. The van der Waals surface area contributed by atoms with Crippen molar-refractivity contribution >= 4 is 50.5 Å². The second kappa shape index (κ2) is 16.8. The minimum absolute atomic E-state index is 0.605. The third kappa shape index (κ3) is 8.68. The molecule has 0 atom stereocenters. The van der Waals surface area contributed by atoms with Crippen molar-refractivity contribution in [2.75, 3.05) is 0 Å². The van der Waals surface area contributed by atoms with Gasteiger partial charge in [0.2, 0.25) is 0 Å². The minimum atomic E-state index is -1.93. The van der Waals surface area contributed by atoms with Gasteiger partial charge < -0.3 is 27.1 Å². The summed E-state index contributed by atoms with van der Waals surface area (Å²) in [5, 5.41) is 4.13. The van der Waals surface area contributed by atoms with Gasteiger partial charge in [-0.05, 0) is 82.2 Å². The molecule has 0 N–H and O–H groups in total. The van der Waals surface area contributed by atoms with Gasteiger partial charge in [0.25, 0.3) is 0 Å². The second-order valence-corrected chi connectivity index (χ2v) is 14.6. The van der Waals surface area contributed by atoms with Crippen LogP contribution in [0.15, 0.2) is 204 Å². The van der Waals surface area contributed by atoms with Crippen molar-refractivity contribution < 1.29 is 27.1 Å². The van der Waals surface area contributed by atoms with Crippen LogP contribution in [0.25, 0.3) is 21.5 Å². The van der Waals surface area contributed by atoms with Crippen LogP contribution in [0.4, 0.5) is 0 Å². The van der Waals surface area contributed by atoms with Gasteiger partial charge in [-0.3, -0.25) is 0 Å². The number of para-hydroxylation sites is 4. The molecule has 6 nitrogen and oxygen atoms in total. The molecule has 0 saturated heterocycles. The standard InChI is InChI=1S/C44H32O6P2S/c1-5-19-35(20-6-1)45-51(46-36-21-7-2-8-22-36)49-41-31-29-33-17-13-15-27-39(33)43(41)53-44-40-28-16-14-18-34(40)30-32-42(44)50-52(47-37-23-9-3-10-24-37)48-38-25-11-4-12-26-38/h1-32H. The summed E-state index contributed by atoms with van der Waals surface area (Å²) in [6.45, 7) is 0. The van der Waals surface area contributed by atoms with Crippen molar-refractivity contribution in [1.29, 1.82) is 0 Å². The van der Waals surface area contributed by atoms with Crippen LogP contribution in [0, 0.1) is 0 Å². The zero-order valence-corrected chi connectivity index (χ0v) is 30.8. The lowest BCUT2D eigenvalue weighted by Crippen LogP contribution is -2.04.